The zero-order valence-corrected chi connectivity index (χ0v) is 15.6. The summed E-state index contributed by atoms with van der Waals surface area (Å²) in [6, 6.07) is 5.61. The number of carbonyl (C=O) groups is 1. The summed E-state index contributed by atoms with van der Waals surface area (Å²) in [5, 5.41) is 6.49. The first kappa shape index (κ1) is 20.6. The van der Waals surface area contributed by atoms with E-state index in [-0.39, 0.29) is 5.97 Å². The Bertz CT molecular complexity index is 561. The lowest BCUT2D eigenvalue weighted by Crippen LogP contribution is -2.31. The van der Waals surface area contributed by atoms with Crippen LogP contribution >= 0.6 is 0 Å². The number of hydrogen-bond donors (Lipinski definition) is 2. The van der Waals surface area contributed by atoms with E-state index in [1.165, 1.54) is 7.11 Å². The average molecular weight is 351 g/mol. The van der Waals surface area contributed by atoms with E-state index in [1.54, 1.807) is 21.3 Å². The van der Waals surface area contributed by atoms with E-state index < -0.39 is 0 Å². The van der Waals surface area contributed by atoms with Crippen molar-refractivity contribution in [1.29, 1.82) is 0 Å². The highest BCUT2D eigenvalue weighted by atomic mass is 16.5. The van der Waals surface area contributed by atoms with Crippen LogP contribution < -0.4 is 20.1 Å². The van der Waals surface area contributed by atoms with Gasteiger partial charge in [-0.15, -0.1) is 0 Å². The Hall–Kier alpha value is -2.44. The van der Waals surface area contributed by atoms with Crippen LogP contribution in [0.3, 0.4) is 0 Å². The van der Waals surface area contributed by atoms with Crippen LogP contribution in [0.2, 0.25) is 0 Å². The third-order valence-electron chi connectivity index (χ3n) is 3.70. The number of carbonyl (C=O) groups excluding carboxylic acids is 1. The number of ether oxygens (including phenoxy) is 3. The van der Waals surface area contributed by atoms with Crippen molar-refractivity contribution in [1.82, 2.24) is 5.32 Å². The molecule has 0 aliphatic rings. The van der Waals surface area contributed by atoms with E-state index in [0.29, 0.717) is 23.9 Å². The summed E-state index contributed by atoms with van der Waals surface area (Å²) in [7, 11) is 6.36. The Labute approximate surface area is 149 Å². The zero-order valence-electron chi connectivity index (χ0n) is 15.6. The Morgan fingerprint density at radius 1 is 1.04 bits per heavy atom. The number of esters is 1. The fourth-order valence-corrected chi connectivity index (χ4v) is 2.29. The number of benzene rings is 1. The molecule has 7 nitrogen and oxygen atoms in total. The third-order valence-corrected chi connectivity index (χ3v) is 3.70. The van der Waals surface area contributed by atoms with Gasteiger partial charge in [0.25, 0.3) is 0 Å². The van der Waals surface area contributed by atoms with Crippen molar-refractivity contribution < 1.29 is 19.0 Å². The van der Waals surface area contributed by atoms with Crippen molar-refractivity contribution in [2.24, 2.45) is 4.99 Å². The van der Waals surface area contributed by atoms with E-state index in [9.17, 15) is 4.79 Å². The molecule has 0 radical (unpaired) electrons. The molecule has 0 saturated heterocycles. The molecule has 7 heteroatoms. The van der Waals surface area contributed by atoms with Crippen molar-refractivity contribution >= 4 is 17.6 Å². The standard InChI is InChI=1S/C18H29N3O4/c1-19-18(20-12-8-6-5-7-9-17(22)25-4)21-14-10-11-15(23-2)16(13-14)24-3/h10-11,13H,5-9,12H2,1-4H3,(H2,19,20,21). The summed E-state index contributed by atoms with van der Waals surface area (Å²) in [5.41, 5.74) is 0.865. The molecule has 0 heterocycles. The van der Waals surface area contributed by atoms with Gasteiger partial charge in [-0.2, -0.15) is 0 Å². The Balaban J connectivity index is 2.32. The second-order valence-electron chi connectivity index (χ2n) is 5.43. The van der Waals surface area contributed by atoms with Crippen molar-refractivity contribution in [2.75, 3.05) is 40.2 Å². The molecule has 140 valence electrons. The maximum atomic E-state index is 11.0. The zero-order chi connectivity index (χ0) is 18.5. The highest BCUT2D eigenvalue weighted by Crippen LogP contribution is 2.29. The summed E-state index contributed by atoms with van der Waals surface area (Å²) < 4.78 is 15.1. The number of hydrogen-bond acceptors (Lipinski definition) is 5. The Morgan fingerprint density at radius 2 is 1.76 bits per heavy atom. The molecule has 1 aromatic carbocycles. The highest BCUT2D eigenvalue weighted by Gasteiger charge is 2.06. The fraction of sp³-hybridized carbons (Fsp3) is 0.556. The Morgan fingerprint density at radius 3 is 2.40 bits per heavy atom. The number of aliphatic imine (C=N–C) groups is 1. The molecule has 0 atom stereocenters. The number of nitrogens with one attached hydrogen (secondary N) is 2. The number of rotatable bonds is 10. The molecule has 1 rings (SSSR count). The minimum atomic E-state index is -0.141. The third kappa shape index (κ3) is 7.78. The van der Waals surface area contributed by atoms with Crippen LogP contribution in [-0.2, 0) is 9.53 Å². The molecule has 0 spiro atoms. The lowest BCUT2D eigenvalue weighted by Gasteiger charge is -2.14. The molecule has 0 amide bonds. The molecule has 25 heavy (non-hydrogen) atoms. The molecule has 0 aromatic heterocycles. The van der Waals surface area contributed by atoms with Crippen LogP contribution in [0.5, 0.6) is 11.5 Å². The van der Waals surface area contributed by atoms with Gasteiger partial charge in [-0.1, -0.05) is 12.8 Å². The summed E-state index contributed by atoms with van der Waals surface area (Å²) in [5.74, 6) is 1.90. The smallest absolute Gasteiger partial charge is 0.305 e. The van der Waals surface area contributed by atoms with Gasteiger partial charge >= 0.3 is 5.97 Å². The fourth-order valence-electron chi connectivity index (χ4n) is 2.29. The Kier molecular flexibility index (Phi) is 9.89. The van der Waals surface area contributed by atoms with Gasteiger partial charge in [0, 0.05) is 31.8 Å². The van der Waals surface area contributed by atoms with Crippen molar-refractivity contribution in [2.45, 2.75) is 32.1 Å². The van der Waals surface area contributed by atoms with E-state index in [2.05, 4.69) is 20.4 Å². The average Bonchev–Trinajstić information content (AvgIpc) is 2.65. The number of anilines is 1. The van der Waals surface area contributed by atoms with Crippen LogP contribution in [0.25, 0.3) is 0 Å². The van der Waals surface area contributed by atoms with Gasteiger partial charge in [0.2, 0.25) is 0 Å². The topological polar surface area (TPSA) is 81.2 Å². The monoisotopic (exact) mass is 351 g/mol. The van der Waals surface area contributed by atoms with Crippen molar-refractivity contribution in [3.05, 3.63) is 18.2 Å². The highest BCUT2D eigenvalue weighted by molar-refractivity contribution is 5.93. The van der Waals surface area contributed by atoms with Gasteiger partial charge in [0.1, 0.15) is 0 Å². The predicted molar refractivity (Wildman–Crippen MR) is 99.6 cm³/mol. The van der Waals surface area contributed by atoms with Crippen LogP contribution in [0.4, 0.5) is 5.69 Å². The predicted octanol–water partition coefficient (Wildman–Crippen LogP) is 2.81. The molecule has 0 aliphatic carbocycles. The normalized spacial score (nSPS) is 11.0. The van der Waals surface area contributed by atoms with Crippen molar-refractivity contribution in [3.8, 4) is 11.5 Å². The van der Waals surface area contributed by atoms with Crippen LogP contribution in [-0.4, -0.2) is 46.9 Å². The molecule has 0 bridgehead atoms. The largest absolute Gasteiger partial charge is 0.493 e. The van der Waals surface area contributed by atoms with Gasteiger partial charge < -0.3 is 24.8 Å². The van der Waals surface area contributed by atoms with Gasteiger partial charge in [0.15, 0.2) is 17.5 Å². The number of guanidine groups is 1. The molecule has 0 saturated carbocycles. The van der Waals surface area contributed by atoms with Gasteiger partial charge in [-0.05, 0) is 25.0 Å². The first-order chi connectivity index (χ1) is 12.1. The van der Waals surface area contributed by atoms with E-state index >= 15 is 0 Å². The van der Waals surface area contributed by atoms with Crippen LogP contribution in [0.1, 0.15) is 32.1 Å². The lowest BCUT2D eigenvalue weighted by atomic mass is 10.1. The quantitative estimate of drug-likeness (QED) is 0.292. The van der Waals surface area contributed by atoms with Crippen LogP contribution in [0.15, 0.2) is 23.2 Å². The van der Waals surface area contributed by atoms with Crippen LogP contribution in [0, 0.1) is 0 Å². The van der Waals surface area contributed by atoms with E-state index in [1.807, 2.05) is 18.2 Å². The number of methoxy groups -OCH3 is 3. The first-order valence-corrected chi connectivity index (χ1v) is 8.41. The summed E-state index contributed by atoms with van der Waals surface area (Å²) in [6.07, 6.45) is 4.43. The lowest BCUT2D eigenvalue weighted by molar-refractivity contribution is -0.140. The van der Waals surface area contributed by atoms with E-state index in [0.717, 1.165) is 37.9 Å². The number of unbranched alkanes of at least 4 members (excludes halogenated alkanes) is 3. The second kappa shape index (κ2) is 12.0. The molecular weight excluding hydrogens is 322 g/mol. The maximum absolute atomic E-state index is 11.0. The molecular formula is C18H29N3O4. The van der Waals surface area contributed by atoms with Crippen molar-refractivity contribution in [3.63, 3.8) is 0 Å². The summed E-state index contributed by atoms with van der Waals surface area (Å²) in [4.78, 5) is 15.2. The molecule has 0 fully saturated rings. The maximum Gasteiger partial charge on any atom is 0.305 e. The second-order valence-corrected chi connectivity index (χ2v) is 5.43. The summed E-state index contributed by atoms with van der Waals surface area (Å²) >= 11 is 0. The molecule has 1 aromatic rings. The molecule has 0 unspecified atom stereocenters. The van der Waals surface area contributed by atoms with Gasteiger partial charge in [-0.25, -0.2) is 0 Å². The molecule has 2 N–H and O–H groups in total. The first-order valence-electron chi connectivity index (χ1n) is 8.41. The number of nitrogens with zero attached hydrogens (tertiary/aromatic N) is 1. The van der Waals surface area contributed by atoms with E-state index in [4.69, 9.17) is 9.47 Å². The SMILES string of the molecule is CN=C(NCCCCCCC(=O)OC)Nc1ccc(OC)c(OC)c1. The summed E-state index contributed by atoms with van der Waals surface area (Å²) in [6.45, 7) is 0.811. The minimum Gasteiger partial charge on any atom is -0.493 e. The van der Waals surface area contributed by atoms with Gasteiger partial charge in [0.05, 0.1) is 21.3 Å². The molecule has 0 aliphatic heterocycles. The minimum absolute atomic E-state index is 0.141. The van der Waals surface area contributed by atoms with Gasteiger partial charge in [-0.3, -0.25) is 9.79 Å².